The number of hydrogen-bond acceptors (Lipinski definition) is 2. The Morgan fingerprint density at radius 3 is 2.43 bits per heavy atom. The molecule has 1 N–H and O–H groups in total. The summed E-state index contributed by atoms with van der Waals surface area (Å²) in [7, 11) is 0. The number of fused-ring (bicyclic) bond motifs is 1. The van der Waals surface area contributed by atoms with E-state index >= 15 is 0 Å². The molecule has 0 saturated heterocycles. The minimum atomic E-state index is -0.403. The number of hydrogen-bond donors (Lipinski definition) is 1. The first-order valence-corrected chi connectivity index (χ1v) is 9.43. The van der Waals surface area contributed by atoms with Crippen LogP contribution in [-0.2, 0) is 4.79 Å². The van der Waals surface area contributed by atoms with E-state index in [1.807, 2.05) is 55.5 Å². The quantitative estimate of drug-likeness (QED) is 0.681. The van der Waals surface area contributed by atoms with Gasteiger partial charge in [0, 0.05) is 11.3 Å². The highest BCUT2D eigenvalue weighted by Gasteiger charge is 2.34. The Bertz CT molecular complexity index is 1050. The van der Waals surface area contributed by atoms with Crippen LogP contribution in [0.25, 0.3) is 0 Å². The summed E-state index contributed by atoms with van der Waals surface area (Å²) in [5.41, 5.74) is 4.04. The lowest BCUT2D eigenvalue weighted by atomic mass is 9.94. The van der Waals surface area contributed by atoms with E-state index in [2.05, 4.69) is 5.32 Å². The van der Waals surface area contributed by atoms with Gasteiger partial charge in [0.05, 0.1) is 16.6 Å². The summed E-state index contributed by atoms with van der Waals surface area (Å²) in [6.07, 6.45) is 0. The summed E-state index contributed by atoms with van der Waals surface area (Å²) < 4.78 is 0. The van der Waals surface area contributed by atoms with Gasteiger partial charge in [0.25, 0.3) is 5.91 Å². The normalized spacial score (nSPS) is 16.1. The molecule has 0 bridgehead atoms. The molecule has 140 valence electrons. The molecule has 1 atom stereocenters. The van der Waals surface area contributed by atoms with E-state index in [1.165, 1.54) is 0 Å². The molecule has 3 aromatic carbocycles. The highest BCUT2D eigenvalue weighted by molar-refractivity contribution is 6.33. The first kappa shape index (κ1) is 18.3. The van der Waals surface area contributed by atoms with Crippen molar-refractivity contribution < 1.29 is 9.59 Å². The standard InChI is InChI=1S/C23H19ClN2O2/c1-15-10-12-16(13-11-15)22-18-7-3-5-9-20(18)25-21(27)14-26(22)23(28)17-6-2-4-8-19(17)24/h2-13,22H,14H2,1H3,(H,25,27). The largest absolute Gasteiger partial charge is 0.324 e. The van der Waals surface area contributed by atoms with Gasteiger partial charge in [0.2, 0.25) is 5.91 Å². The maximum absolute atomic E-state index is 13.4. The SMILES string of the molecule is Cc1ccc(C2c3ccccc3NC(=O)CN2C(=O)c2ccccc2Cl)cc1. The molecule has 0 spiro atoms. The third-order valence-corrected chi connectivity index (χ3v) is 5.24. The number of halogens is 1. The summed E-state index contributed by atoms with van der Waals surface area (Å²) >= 11 is 6.28. The lowest BCUT2D eigenvalue weighted by molar-refractivity contribution is -0.117. The molecule has 0 radical (unpaired) electrons. The fourth-order valence-electron chi connectivity index (χ4n) is 3.54. The first-order valence-electron chi connectivity index (χ1n) is 9.05. The number of rotatable bonds is 2. The first-order chi connectivity index (χ1) is 13.5. The zero-order chi connectivity index (χ0) is 19.7. The van der Waals surface area contributed by atoms with Crippen LogP contribution in [0.3, 0.4) is 0 Å². The van der Waals surface area contributed by atoms with Crippen LogP contribution in [0, 0.1) is 6.92 Å². The lowest BCUT2D eigenvalue weighted by Crippen LogP contribution is -2.39. The van der Waals surface area contributed by atoms with Gasteiger partial charge in [-0.1, -0.05) is 71.8 Å². The maximum atomic E-state index is 13.4. The number of amides is 2. The van der Waals surface area contributed by atoms with Crippen molar-refractivity contribution in [3.8, 4) is 0 Å². The van der Waals surface area contributed by atoms with Gasteiger partial charge in [-0.25, -0.2) is 0 Å². The Hall–Kier alpha value is -3.11. The average molecular weight is 391 g/mol. The second-order valence-corrected chi connectivity index (χ2v) is 7.27. The van der Waals surface area contributed by atoms with Crippen molar-refractivity contribution in [2.75, 3.05) is 11.9 Å². The number of para-hydroxylation sites is 1. The smallest absolute Gasteiger partial charge is 0.256 e. The number of carbonyl (C=O) groups excluding carboxylic acids is 2. The van der Waals surface area contributed by atoms with Crippen LogP contribution < -0.4 is 5.32 Å². The van der Waals surface area contributed by atoms with Gasteiger partial charge in [0.15, 0.2) is 0 Å². The monoisotopic (exact) mass is 390 g/mol. The van der Waals surface area contributed by atoms with Crippen LogP contribution in [0.2, 0.25) is 5.02 Å². The minimum absolute atomic E-state index is 0.0583. The molecule has 0 fully saturated rings. The summed E-state index contributed by atoms with van der Waals surface area (Å²) in [5, 5.41) is 3.29. The van der Waals surface area contributed by atoms with E-state index in [0.717, 1.165) is 16.7 Å². The van der Waals surface area contributed by atoms with Crippen molar-refractivity contribution in [1.29, 1.82) is 0 Å². The Labute approximate surface area is 168 Å². The molecule has 4 nitrogen and oxygen atoms in total. The predicted molar refractivity (Wildman–Crippen MR) is 111 cm³/mol. The van der Waals surface area contributed by atoms with E-state index in [1.54, 1.807) is 29.2 Å². The molecule has 0 aliphatic carbocycles. The zero-order valence-electron chi connectivity index (χ0n) is 15.4. The van der Waals surface area contributed by atoms with Crippen LogP contribution in [-0.4, -0.2) is 23.3 Å². The van der Waals surface area contributed by atoms with Crippen LogP contribution in [0.4, 0.5) is 5.69 Å². The fourth-order valence-corrected chi connectivity index (χ4v) is 3.76. The predicted octanol–water partition coefficient (Wildman–Crippen LogP) is 4.83. The molecule has 1 unspecified atom stereocenters. The molecular formula is C23H19ClN2O2. The number of nitrogens with one attached hydrogen (secondary N) is 1. The van der Waals surface area contributed by atoms with Gasteiger partial charge in [-0.15, -0.1) is 0 Å². The van der Waals surface area contributed by atoms with Crippen LogP contribution in [0.1, 0.15) is 33.1 Å². The Morgan fingerprint density at radius 1 is 1.00 bits per heavy atom. The molecule has 3 aromatic rings. The van der Waals surface area contributed by atoms with Crippen LogP contribution >= 0.6 is 11.6 Å². The molecule has 5 heteroatoms. The molecular weight excluding hydrogens is 372 g/mol. The molecule has 0 aromatic heterocycles. The van der Waals surface area contributed by atoms with Gasteiger partial charge in [-0.2, -0.15) is 0 Å². The number of aryl methyl sites for hydroxylation is 1. The lowest BCUT2D eigenvalue weighted by Gasteiger charge is -2.31. The summed E-state index contributed by atoms with van der Waals surface area (Å²) in [6, 6.07) is 22.1. The summed E-state index contributed by atoms with van der Waals surface area (Å²) in [6.45, 7) is 1.96. The van der Waals surface area contributed by atoms with Gasteiger partial charge in [-0.3, -0.25) is 9.59 Å². The molecule has 4 rings (SSSR count). The van der Waals surface area contributed by atoms with E-state index in [9.17, 15) is 9.59 Å². The Morgan fingerprint density at radius 2 is 1.68 bits per heavy atom. The highest BCUT2D eigenvalue weighted by atomic mass is 35.5. The Kier molecular flexibility index (Phi) is 4.88. The van der Waals surface area contributed by atoms with Crippen LogP contribution in [0.5, 0.6) is 0 Å². The number of nitrogens with zero attached hydrogens (tertiary/aromatic N) is 1. The van der Waals surface area contributed by atoms with Gasteiger partial charge < -0.3 is 10.2 Å². The summed E-state index contributed by atoms with van der Waals surface area (Å²) in [5.74, 6) is -0.509. The molecule has 28 heavy (non-hydrogen) atoms. The second kappa shape index (κ2) is 7.49. The van der Waals surface area contributed by atoms with Crippen molar-refractivity contribution in [1.82, 2.24) is 4.90 Å². The minimum Gasteiger partial charge on any atom is -0.324 e. The topological polar surface area (TPSA) is 49.4 Å². The zero-order valence-corrected chi connectivity index (χ0v) is 16.1. The fraction of sp³-hybridized carbons (Fsp3) is 0.130. The van der Waals surface area contributed by atoms with E-state index in [4.69, 9.17) is 11.6 Å². The van der Waals surface area contributed by atoms with Crippen molar-refractivity contribution in [2.24, 2.45) is 0 Å². The van der Waals surface area contributed by atoms with Crippen molar-refractivity contribution in [2.45, 2.75) is 13.0 Å². The van der Waals surface area contributed by atoms with Crippen molar-refractivity contribution >= 4 is 29.1 Å². The number of benzene rings is 3. The van der Waals surface area contributed by atoms with Crippen molar-refractivity contribution in [3.05, 3.63) is 100 Å². The third-order valence-electron chi connectivity index (χ3n) is 4.91. The molecule has 1 aliphatic rings. The van der Waals surface area contributed by atoms with Gasteiger partial charge >= 0.3 is 0 Å². The van der Waals surface area contributed by atoms with Crippen molar-refractivity contribution in [3.63, 3.8) is 0 Å². The van der Waals surface area contributed by atoms with E-state index in [-0.39, 0.29) is 18.4 Å². The van der Waals surface area contributed by atoms with Gasteiger partial charge in [-0.05, 0) is 30.7 Å². The van der Waals surface area contributed by atoms with Crippen LogP contribution in [0.15, 0.2) is 72.8 Å². The third kappa shape index (κ3) is 3.39. The maximum Gasteiger partial charge on any atom is 0.256 e. The van der Waals surface area contributed by atoms with E-state index < -0.39 is 6.04 Å². The molecule has 0 saturated carbocycles. The second-order valence-electron chi connectivity index (χ2n) is 6.86. The Balaban J connectivity index is 1.89. The molecule has 1 heterocycles. The number of carbonyl (C=O) groups is 2. The molecule has 2 amide bonds. The van der Waals surface area contributed by atoms with Gasteiger partial charge in [0.1, 0.15) is 6.54 Å². The van der Waals surface area contributed by atoms with E-state index in [0.29, 0.717) is 16.3 Å². The summed E-state index contributed by atoms with van der Waals surface area (Å²) in [4.78, 5) is 27.6. The molecule has 1 aliphatic heterocycles. The highest BCUT2D eigenvalue weighted by Crippen LogP contribution is 2.37. The number of anilines is 1. The average Bonchev–Trinajstić information content (AvgIpc) is 2.84.